The van der Waals surface area contributed by atoms with Crippen molar-refractivity contribution in [2.75, 3.05) is 13.7 Å². The first-order valence-electron chi connectivity index (χ1n) is 7.89. The second kappa shape index (κ2) is 7.57. The molecular weight excluding hydrogens is 292 g/mol. The van der Waals surface area contributed by atoms with Crippen LogP contribution in [0.25, 0.3) is 0 Å². The van der Waals surface area contributed by atoms with Crippen molar-refractivity contribution in [3.63, 3.8) is 0 Å². The highest BCUT2D eigenvalue weighted by atomic mass is 16.5. The maximum atomic E-state index is 10.1. The first-order chi connectivity index (χ1) is 10.9. The summed E-state index contributed by atoms with van der Waals surface area (Å²) in [5.41, 5.74) is 5.88. The standard InChI is InChI=1S/C17H26N4O2/c1-17(2,22)12-21-16(5-4-10-18)19-15(20-21)11-13-6-8-14(23-3)9-7-13/h6-9,22H,4-5,10-12,18H2,1-3H3. The Kier molecular flexibility index (Phi) is 5.74. The van der Waals surface area contributed by atoms with Crippen molar-refractivity contribution in [2.45, 2.75) is 45.3 Å². The van der Waals surface area contributed by atoms with Gasteiger partial charge < -0.3 is 15.6 Å². The molecule has 0 spiro atoms. The van der Waals surface area contributed by atoms with Gasteiger partial charge in [-0.3, -0.25) is 0 Å². The minimum Gasteiger partial charge on any atom is -0.497 e. The SMILES string of the molecule is COc1ccc(Cc2nc(CCCN)n(CC(C)(C)O)n2)cc1. The third-order valence-corrected chi connectivity index (χ3v) is 3.45. The number of aromatic nitrogens is 3. The molecule has 2 aromatic rings. The van der Waals surface area contributed by atoms with Crippen LogP contribution < -0.4 is 10.5 Å². The third kappa shape index (κ3) is 5.33. The molecule has 6 nitrogen and oxygen atoms in total. The highest BCUT2D eigenvalue weighted by molar-refractivity contribution is 5.28. The fourth-order valence-electron chi connectivity index (χ4n) is 2.37. The molecule has 0 aliphatic heterocycles. The Morgan fingerprint density at radius 2 is 1.96 bits per heavy atom. The van der Waals surface area contributed by atoms with Crippen molar-refractivity contribution in [1.82, 2.24) is 14.8 Å². The summed E-state index contributed by atoms with van der Waals surface area (Å²) >= 11 is 0. The van der Waals surface area contributed by atoms with Crippen molar-refractivity contribution in [3.05, 3.63) is 41.5 Å². The molecule has 6 heteroatoms. The Labute approximate surface area is 137 Å². The molecular formula is C17H26N4O2. The lowest BCUT2D eigenvalue weighted by molar-refractivity contribution is 0.0565. The topological polar surface area (TPSA) is 86.2 Å². The van der Waals surface area contributed by atoms with Gasteiger partial charge in [-0.15, -0.1) is 0 Å². The molecule has 1 aromatic heterocycles. The van der Waals surface area contributed by atoms with Gasteiger partial charge >= 0.3 is 0 Å². The van der Waals surface area contributed by atoms with Crippen LogP contribution in [0.3, 0.4) is 0 Å². The molecule has 0 amide bonds. The minimum atomic E-state index is -0.831. The molecule has 0 aliphatic rings. The van der Waals surface area contributed by atoms with Gasteiger partial charge in [-0.2, -0.15) is 5.10 Å². The van der Waals surface area contributed by atoms with Crippen LogP contribution in [0.1, 0.15) is 37.5 Å². The van der Waals surface area contributed by atoms with E-state index in [-0.39, 0.29) is 0 Å². The fourth-order valence-corrected chi connectivity index (χ4v) is 2.37. The molecule has 0 saturated carbocycles. The zero-order chi connectivity index (χ0) is 16.9. The lowest BCUT2D eigenvalue weighted by atomic mass is 10.1. The van der Waals surface area contributed by atoms with Gasteiger partial charge in [0.15, 0.2) is 5.82 Å². The fraction of sp³-hybridized carbons (Fsp3) is 0.529. The predicted molar refractivity (Wildman–Crippen MR) is 89.5 cm³/mol. The molecule has 2 rings (SSSR count). The van der Waals surface area contributed by atoms with E-state index in [1.165, 1.54) is 0 Å². The molecule has 0 radical (unpaired) electrons. The van der Waals surface area contributed by atoms with Gasteiger partial charge in [0.05, 0.1) is 19.3 Å². The Morgan fingerprint density at radius 3 is 2.52 bits per heavy atom. The minimum absolute atomic E-state index is 0.419. The van der Waals surface area contributed by atoms with E-state index in [0.29, 0.717) is 19.5 Å². The summed E-state index contributed by atoms with van der Waals surface area (Å²) in [4.78, 5) is 4.62. The van der Waals surface area contributed by atoms with E-state index >= 15 is 0 Å². The quantitative estimate of drug-likeness (QED) is 0.771. The predicted octanol–water partition coefficient (Wildman–Crippen LogP) is 1.54. The summed E-state index contributed by atoms with van der Waals surface area (Å²) in [6.07, 6.45) is 2.27. The van der Waals surface area contributed by atoms with Gasteiger partial charge in [0.1, 0.15) is 11.6 Å². The van der Waals surface area contributed by atoms with E-state index < -0.39 is 5.60 Å². The van der Waals surface area contributed by atoms with Crippen molar-refractivity contribution >= 4 is 0 Å². The van der Waals surface area contributed by atoms with Crippen LogP contribution in [0.5, 0.6) is 5.75 Å². The Balaban J connectivity index is 2.17. The summed E-state index contributed by atoms with van der Waals surface area (Å²) in [5, 5.41) is 14.6. The molecule has 126 valence electrons. The highest BCUT2D eigenvalue weighted by Crippen LogP contribution is 2.15. The molecule has 0 unspecified atom stereocenters. The molecule has 0 atom stereocenters. The Hall–Kier alpha value is -1.92. The number of ether oxygens (including phenoxy) is 1. The van der Waals surface area contributed by atoms with E-state index in [9.17, 15) is 5.11 Å². The van der Waals surface area contributed by atoms with Gasteiger partial charge in [0, 0.05) is 12.8 Å². The molecule has 0 bridgehead atoms. The zero-order valence-electron chi connectivity index (χ0n) is 14.1. The Morgan fingerprint density at radius 1 is 1.26 bits per heavy atom. The maximum Gasteiger partial charge on any atom is 0.155 e. The number of benzene rings is 1. The van der Waals surface area contributed by atoms with E-state index in [1.54, 1.807) is 25.6 Å². The molecule has 0 fully saturated rings. The van der Waals surface area contributed by atoms with Gasteiger partial charge in [-0.1, -0.05) is 12.1 Å². The van der Waals surface area contributed by atoms with Gasteiger partial charge in [-0.05, 0) is 44.5 Å². The van der Waals surface area contributed by atoms with E-state index in [0.717, 1.165) is 35.8 Å². The van der Waals surface area contributed by atoms with Crippen LogP contribution in [0.4, 0.5) is 0 Å². The number of nitrogens with two attached hydrogens (primary N) is 1. The number of hydrogen-bond acceptors (Lipinski definition) is 5. The number of aliphatic hydroxyl groups is 1. The lowest BCUT2D eigenvalue weighted by Gasteiger charge is -2.17. The molecule has 3 N–H and O–H groups in total. The van der Waals surface area contributed by atoms with Crippen molar-refractivity contribution in [1.29, 1.82) is 0 Å². The molecule has 1 heterocycles. The molecule has 1 aromatic carbocycles. The number of nitrogens with zero attached hydrogens (tertiary/aromatic N) is 3. The highest BCUT2D eigenvalue weighted by Gasteiger charge is 2.18. The van der Waals surface area contributed by atoms with Gasteiger partial charge in [0.2, 0.25) is 0 Å². The largest absolute Gasteiger partial charge is 0.497 e. The summed E-state index contributed by atoms with van der Waals surface area (Å²) in [6, 6.07) is 7.88. The molecule has 23 heavy (non-hydrogen) atoms. The zero-order valence-corrected chi connectivity index (χ0v) is 14.1. The van der Waals surface area contributed by atoms with Crippen molar-refractivity contribution < 1.29 is 9.84 Å². The van der Waals surface area contributed by atoms with E-state index in [2.05, 4.69) is 10.1 Å². The van der Waals surface area contributed by atoms with Crippen molar-refractivity contribution in [3.8, 4) is 5.75 Å². The summed E-state index contributed by atoms with van der Waals surface area (Å²) in [5.74, 6) is 2.46. The van der Waals surface area contributed by atoms with Crippen LogP contribution in [0.2, 0.25) is 0 Å². The molecule has 0 saturated heterocycles. The number of aryl methyl sites for hydroxylation is 1. The maximum absolute atomic E-state index is 10.1. The average molecular weight is 318 g/mol. The van der Waals surface area contributed by atoms with Crippen molar-refractivity contribution in [2.24, 2.45) is 5.73 Å². The monoisotopic (exact) mass is 318 g/mol. The van der Waals surface area contributed by atoms with Crippen LogP contribution in [-0.4, -0.2) is 39.1 Å². The normalized spacial score (nSPS) is 11.7. The number of methoxy groups -OCH3 is 1. The van der Waals surface area contributed by atoms with Crippen LogP contribution in [0, 0.1) is 0 Å². The summed E-state index contributed by atoms with van der Waals surface area (Å²) < 4.78 is 6.97. The second-order valence-corrected chi connectivity index (χ2v) is 6.33. The van der Waals surface area contributed by atoms with Gasteiger partial charge in [0.25, 0.3) is 0 Å². The Bertz CT molecular complexity index is 615. The van der Waals surface area contributed by atoms with Crippen LogP contribution in [-0.2, 0) is 19.4 Å². The summed E-state index contributed by atoms with van der Waals surface area (Å²) in [7, 11) is 1.65. The van der Waals surface area contributed by atoms with E-state index in [4.69, 9.17) is 10.5 Å². The van der Waals surface area contributed by atoms with Crippen LogP contribution >= 0.6 is 0 Å². The van der Waals surface area contributed by atoms with E-state index in [1.807, 2.05) is 24.3 Å². The van der Waals surface area contributed by atoms with Gasteiger partial charge in [-0.25, -0.2) is 9.67 Å². The second-order valence-electron chi connectivity index (χ2n) is 6.33. The smallest absolute Gasteiger partial charge is 0.155 e. The lowest BCUT2D eigenvalue weighted by Crippen LogP contribution is -2.28. The number of rotatable bonds is 8. The first kappa shape index (κ1) is 17.4. The number of hydrogen-bond donors (Lipinski definition) is 2. The molecule has 0 aliphatic carbocycles. The van der Waals surface area contributed by atoms with Crippen LogP contribution in [0.15, 0.2) is 24.3 Å². The average Bonchev–Trinajstić information content (AvgIpc) is 2.85. The third-order valence-electron chi connectivity index (χ3n) is 3.45. The summed E-state index contributed by atoms with van der Waals surface area (Å²) in [6.45, 7) is 4.57. The first-order valence-corrected chi connectivity index (χ1v) is 7.89.